The van der Waals surface area contributed by atoms with Gasteiger partial charge in [0, 0.05) is 11.3 Å². The summed E-state index contributed by atoms with van der Waals surface area (Å²) in [6, 6.07) is 24.0. The van der Waals surface area contributed by atoms with Crippen molar-refractivity contribution in [1.82, 2.24) is 0 Å². The molecule has 3 aliphatic rings. The van der Waals surface area contributed by atoms with Crippen molar-refractivity contribution in [3.8, 4) is 22.6 Å². The lowest BCUT2D eigenvalue weighted by atomic mass is 9.56. The highest BCUT2D eigenvalue weighted by Crippen LogP contribution is 2.63. The highest BCUT2D eigenvalue weighted by atomic mass is 19.1. The van der Waals surface area contributed by atoms with Crippen molar-refractivity contribution in [1.29, 1.82) is 0 Å². The summed E-state index contributed by atoms with van der Waals surface area (Å²) >= 11 is 0. The molecular formula is C39H38FNO10. The van der Waals surface area contributed by atoms with Gasteiger partial charge in [0.15, 0.2) is 6.10 Å². The van der Waals surface area contributed by atoms with Crippen LogP contribution in [0.2, 0.25) is 0 Å². The predicted octanol–water partition coefficient (Wildman–Crippen LogP) is 4.31. The molecule has 6 N–H and O–H groups in total. The van der Waals surface area contributed by atoms with Crippen LogP contribution in [-0.2, 0) is 19.9 Å². The number of phenolic OH excluding ortho intramolecular Hbond substituents is 1. The molecule has 0 aromatic heterocycles. The van der Waals surface area contributed by atoms with Gasteiger partial charge in [0.1, 0.15) is 35.6 Å². The average Bonchev–Trinajstić information content (AvgIpc) is 3.12. The molecule has 2 saturated heterocycles. The van der Waals surface area contributed by atoms with E-state index in [1.165, 1.54) is 24.3 Å². The maximum absolute atomic E-state index is 14.4. The standard InChI is InChI=1S/C39H38FNO10/c1-21-5-12-26(13-6-21)41-34(38(37(41)48)15-17-39(49,18-16-38)24-8-10-25(40)11-9-24)28-14-7-23(22-3-2-4-27(42)19-22)20-29(28)50-36-32(45)30(43)31(44)33(51-36)35(46)47/h2-14,19-20,30-34,36,42-45,49H,15-18H2,1H3,(H,46,47)/t30?,31-,32?,33?,34+,36+,38?,39?/m0/s1. The van der Waals surface area contributed by atoms with E-state index in [4.69, 9.17) is 9.47 Å². The lowest BCUT2D eigenvalue weighted by Crippen LogP contribution is -2.65. The second kappa shape index (κ2) is 13.0. The molecule has 3 fully saturated rings. The SMILES string of the molecule is Cc1ccc(N2C(=O)C3(CCC(O)(c4ccc(F)cc4)CC3)[C@H]2c2ccc(-c3cccc(O)c3)cc2O[C@@H]2OC(C(=O)O)[C@@H](O)C(O)C2O)cc1. The molecule has 1 spiro atoms. The molecule has 2 heterocycles. The largest absolute Gasteiger partial charge is 0.508 e. The van der Waals surface area contributed by atoms with E-state index in [-0.39, 0.29) is 43.1 Å². The molecule has 12 heteroatoms. The minimum atomic E-state index is -1.93. The molecule has 6 atom stereocenters. The number of hydrogen-bond acceptors (Lipinski definition) is 9. The second-order valence-electron chi connectivity index (χ2n) is 13.8. The van der Waals surface area contributed by atoms with Crippen molar-refractivity contribution < 1.29 is 54.1 Å². The van der Waals surface area contributed by atoms with Gasteiger partial charge in [0.25, 0.3) is 0 Å². The fourth-order valence-electron chi connectivity index (χ4n) is 7.71. The summed E-state index contributed by atoms with van der Waals surface area (Å²) in [6.45, 7) is 1.93. The number of β-lactam (4-membered cyclic amide) rings is 1. The van der Waals surface area contributed by atoms with Crippen molar-refractivity contribution in [2.24, 2.45) is 5.41 Å². The first kappa shape index (κ1) is 34.6. The number of amides is 1. The third-order valence-corrected chi connectivity index (χ3v) is 10.6. The van der Waals surface area contributed by atoms with Crippen molar-refractivity contribution in [3.63, 3.8) is 0 Å². The number of phenols is 1. The van der Waals surface area contributed by atoms with Gasteiger partial charge in [0.2, 0.25) is 12.2 Å². The third kappa shape index (κ3) is 6.02. The van der Waals surface area contributed by atoms with Crippen molar-refractivity contribution >= 4 is 17.6 Å². The van der Waals surface area contributed by atoms with E-state index in [1.54, 1.807) is 47.4 Å². The van der Waals surface area contributed by atoms with Crippen LogP contribution in [0.5, 0.6) is 11.5 Å². The normalized spacial score (nSPS) is 30.5. The van der Waals surface area contributed by atoms with Gasteiger partial charge in [-0.15, -0.1) is 0 Å². The number of anilines is 1. The fraction of sp³-hybridized carbons (Fsp3) is 0.333. The molecule has 2 aliphatic heterocycles. The molecule has 1 aliphatic carbocycles. The predicted molar refractivity (Wildman–Crippen MR) is 181 cm³/mol. The van der Waals surface area contributed by atoms with E-state index < -0.39 is 59.6 Å². The maximum Gasteiger partial charge on any atom is 0.335 e. The Labute approximate surface area is 292 Å². The molecule has 266 valence electrons. The van der Waals surface area contributed by atoms with Crippen LogP contribution in [-0.4, -0.2) is 73.2 Å². The number of ether oxygens (including phenoxy) is 2. The molecule has 3 unspecified atom stereocenters. The Morgan fingerprint density at radius 3 is 2.18 bits per heavy atom. The zero-order valence-electron chi connectivity index (χ0n) is 27.6. The highest BCUT2D eigenvalue weighted by Gasteiger charge is 2.64. The average molecular weight is 700 g/mol. The summed E-state index contributed by atoms with van der Waals surface area (Å²) in [7, 11) is 0. The third-order valence-electron chi connectivity index (χ3n) is 10.6. The zero-order valence-corrected chi connectivity index (χ0v) is 27.6. The van der Waals surface area contributed by atoms with Gasteiger partial charge in [-0.3, -0.25) is 4.79 Å². The van der Waals surface area contributed by atoms with Crippen LogP contribution < -0.4 is 9.64 Å². The van der Waals surface area contributed by atoms with E-state index in [2.05, 4.69) is 0 Å². The monoisotopic (exact) mass is 699 g/mol. The molecule has 4 aromatic rings. The van der Waals surface area contributed by atoms with E-state index in [9.17, 15) is 44.6 Å². The van der Waals surface area contributed by atoms with Crippen LogP contribution in [0.25, 0.3) is 11.1 Å². The number of nitrogens with zero attached hydrogens (tertiary/aromatic N) is 1. The molecule has 11 nitrogen and oxygen atoms in total. The number of benzene rings is 4. The number of rotatable bonds is 7. The Bertz CT molecular complexity index is 1940. The molecule has 4 aromatic carbocycles. The van der Waals surface area contributed by atoms with Gasteiger partial charge in [-0.25, -0.2) is 9.18 Å². The molecule has 0 bridgehead atoms. The number of carbonyl (C=O) groups excluding carboxylic acids is 1. The van der Waals surface area contributed by atoms with Gasteiger partial charge < -0.3 is 45.0 Å². The first-order chi connectivity index (χ1) is 24.3. The zero-order chi connectivity index (χ0) is 36.2. The molecule has 7 rings (SSSR count). The van der Waals surface area contributed by atoms with E-state index in [0.29, 0.717) is 27.9 Å². The van der Waals surface area contributed by atoms with Gasteiger partial charge in [-0.2, -0.15) is 0 Å². The number of aliphatic hydroxyl groups excluding tert-OH is 3. The molecule has 1 saturated carbocycles. The van der Waals surface area contributed by atoms with Crippen LogP contribution in [0.1, 0.15) is 48.4 Å². The van der Waals surface area contributed by atoms with Crippen LogP contribution >= 0.6 is 0 Å². The van der Waals surface area contributed by atoms with Crippen LogP contribution in [0.3, 0.4) is 0 Å². The number of aromatic hydroxyl groups is 1. The van der Waals surface area contributed by atoms with E-state index in [0.717, 1.165) is 5.56 Å². The Balaban J connectivity index is 1.33. The number of aryl methyl sites for hydroxylation is 1. The van der Waals surface area contributed by atoms with Crippen LogP contribution in [0.4, 0.5) is 10.1 Å². The Hall–Kier alpha value is -4.85. The number of carbonyl (C=O) groups is 2. The van der Waals surface area contributed by atoms with Gasteiger partial charge in [-0.1, -0.05) is 54.1 Å². The number of hydrogen-bond donors (Lipinski definition) is 6. The fourth-order valence-corrected chi connectivity index (χ4v) is 7.71. The molecule has 51 heavy (non-hydrogen) atoms. The first-order valence-electron chi connectivity index (χ1n) is 16.7. The summed E-state index contributed by atoms with van der Waals surface area (Å²) in [6.07, 6.45) is -8.41. The number of carboxylic acid groups (broad SMARTS) is 1. The van der Waals surface area contributed by atoms with Gasteiger partial charge in [0.05, 0.1) is 17.1 Å². The smallest absolute Gasteiger partial charge is 0.335 e. The van der Waals surface area contributed by atoms with Crippen molar-refractivity contribution in [3.05, 3.63) is 114 Å². The summed E-state index contributed by atoms with van der Waals surface area (Å²) in [5.41, 5.74) is 1.48. The van der Waals surface area contributed by atoms with Crippen molar-refractivity contribution in [2.75, 3.05) is 4.90 Å². The topological polar surface area (TPSA) is 177 Å². The molecule has 1 amide bonds. The molecular weight excluding hydrogens is 661 g/mol. The summed E-state index contributed by atoms with van der Waals surface area (Å²) < 4.78 is 25.5. The van der Waals surface area contributed by atoms with E-state index >= 15 is 0 Å². The summed E-state index contributed by atoms with van der Waals surface area (Å²) in [4.78, 5) is 28.0. The van der Waals surface area contributed by atoms with Crippen LogP contribution in [0.15, 0.2) is 91.0 Å². The number of aliphatic carboxylic acids is 1. The number of aliphatic hydroxyl groups is 4. The Morgan fingerprint density at radius 2 is 1.53 bits per heavy atom. The minimum Gasteiger partial charge on any atom is -0.508 e. The van der Waals surface area contributed by atoms with Crippen LogP contribution in [0, 0.1) is 18.2 Å². The first-order valence-corrected chi connectivity index (χ1v) is 16.7. The molecule has 0 radical (unpaired) electrons. The van der Waals surface area contributed by atoms with Gasteiger partial charge in [-0.05, 0) is 91.8 Å². The minimum absolute atomic E-state index is 0.0106. The lowest BCUT2D eigenvalue weighted by molar-refractivity contribution is -0.271. The highest BCUT2D eigenvalue weighted by molar-refractivity contribution is 6.06. The Morgan fingerprint density at radius 1 is 0.863 bits per heavy atom. The Kier molecular flexibility index (Phi) is 8.85. The van der Waals surface area contributed by atoms with Gasteiger partial charge >= 0.3 is 5.97 Å². The number of halogens is 1. The summed E-state index contributed by atoms with van der Waals surface area (Å²) in [5.74, 6) is -2.06. The quantitative estimate of drug-likeness (QED) is 0.152. The lowest BCUT2D eigenvalue weighted by Gasteiger charge is -2.59. The summed E-state index contributed by atoms with van der Waals surface area (Å²) in [5, 5.41) is 63.4. The van der Waals surface area contributed by atoms with E-state index in [1.807, 2.05) is 31.2 Å². The number of carboxylic acids is 1. The van der Waals surface area contributed by atoms with Crippen molar-refractivity contribution in [2.45, 2.75) is 75.0 Å². The second-order valence-corrected chi connectivity index (χ2v) is 13.8. The maximum atomic E-state index is 14.4.